The van der Waals surface area contributed by atoms with Crippen LogP contribution in [-0.4, -0.2) is 12.1 Å². The van der Waals surface area contributed by atoms with E-state index in [1.807, 2.05) is 35.9 Å². The van der Waals surface area contributed by atoms with Crippen LogP contribution in [0.25, 0.3) is 0 Å². The third-order valence-corrected chi connectivity index (χ3v) is 7.87. The lowest BCUT2D eigenvalue weighted by Crippen LogP contribution is -2.27. The molecule has 1 aliphatic carbocycles. The maximum atomic E-state index is 13.3. The second-order valence-electron chi connectivity index (χ2n) is 8.72. The molecule has 0 spiro atoms. The Labute approximate surface area is 190 Å². The molecule has 2 heterocycles. The van der Waals surface area contributed by atoms with Crippen LogP contribution < -0.4 is 5.32 Å². The Balaban J connectivity index is 1.68. The van der Waals surface area contributed by atoms with Crippen LogP contribution in [0.15, 0.2) is 46.8 Å². The highest BCUT2D eigenvalue weighted by Crippen LogP contribution is 2.45. The van der Waals surface area contributed by atoms with Gasteiger partial charge in [-0.3, -0.25) is 4.79 Å². The lowest BCUT2D eigenvalue weighted by molar-refractivity contribution is 0.102. The van der Waals surface area contributed by atoms with E-state index in [1.165, 1.54) is 10.4 Å². The smallest absolute Gasteiger partial charge is 0.259 e. The van der Waals surface area contributed by atoms with Crippen molar-refractivity contribution >= 4 is 57.1 Å². The molecule has 30 heavy (non-hydrogen) atoms. The van der Waals surface area contributed by atoms with E-state index in [9.17, 15) is 4.79 Å². The largest absolute Gasteiger partial charge is 0.322 e. The summed E-state index contributed by atoms with van der Waals surface area (Å²) in [7, 11) is 0. The highest BCUT2D eigenvalue weighted by molar-refractivity contribution is 7.16. The first-order valence-corrected chi connectivity index (χ1v) is 12.2. The first-order chi connectivity index (χ1) is 14.3. The second kappa shape index (κ2) is 8.66. The predicted octanol–water partition coefficient (Wildman–Crippen LogP) is 7.62. The molecule has 0 bridgehead atoms. The van der Waals surface area contributed by atoms with Gasteiger partial charge in [0.25, 0.3) is 5.91 Å². The van der Waals surface area contributed by atoms with E-state index < -0.39 is 0 Å². The summed E-state index contributed by atoms with van der Waals surface area (Å²) in [5, 5.41) is 6.51. The topological polar surface area (TPSA) is 41.5 Å². The molecule has 156 valence electrons. The Morgan fingerprint density at radius 2 is 2.00 bits per heavy atom. The van der Waals surface area contributed by atoms with Crippen molar-refractivity contribution in [2.24, 2.45) is 16.3 Å². The molecule has 0 radical (unpaired) electrons. The van der Waals surface area contributed by atoms with Crippen LogP contribution in [0.5, 0.6) is 0 Å². The minimum absolute atomic E-state index is 0.0950. The summed E-state index contributed by atoms with van der Waals surface area (Å²) in [5.41, 5.74) is 2.89. The third kappa shape index (κ3) is 4.69. The molecule has 1 atom stereocenters. The number of anilines is 1. The fourth-order valence-corrected chi connectivity index (χ4v) is 5.83. The summed E-state index contributed by atoms with van der Waals surface area (Å²) in [4.78, 5) is 20.4. The molecule has 6 heteroatoms. The quantitative estimate of drug-likeness (QED) is 0.403. The number of halogens is 1. The zero-order chi connectivity index (χ0) is 21.3. The van der Waals surface area contributed by atoms with Crippen LogP contribution in [0.4, 0.5) is 10.7 Å². The summed E-state index contributed by atoms with van der Waals surface area (Å²) < 4.78 is 0. The molecule has 1 aromatic carbocycles. The highest BCUT2D eigenvalue weighted by Gasteiger charge is 2.33. The summed E-state index contributed by atoms with van der Waals surface area (Å²) in [6, 6.07) is 11.2. The molecular formula is C24H25ClN2OS2. The number of thiophene rings is 2. The molecule has 2 aromatic heterocycles. The van der Waals surface area contributed by atoms with Gasteiger partial charge in [-0.05, 0) is 71.9 Å². The van der Waals surface area contributed by atoms with Crippen LogP contribution in [0.3, 0.4) is 0 Å². The van der Waals surface area contributed by atoms with Gasteiger partial charge in [-0.1, -0.05) is 38.4 Å². The average Bonchev–Trinajstić information content (AvgIpc) is 3.34. The lowest BCUT2D eigenvalue weighted by atomic mass is 9.72. The Hall–Kier alpha value is -1.95. The molecule has 1 aliphatic rings. The first-order valence-electron chi connectivity index (χ1n) is 10.1. The van der Waals surface area contributed by atoms with Gasteiger partial charge >= 0.3 is 0 Å². The van der Waals surface area contributed by atoms with E-state index in [1.54, 1.807) is 34.8 Å². The standard InChI is InChI=1S/C24H25ClN2OS2/c1-24(2,3)15-6-11-19-20(13-15)30-23(26-14-18-5-4-12-29-18)21(19)22(28)27-17-9-7-16(25)8-10-17/h4-5,7-10,12,14-15H,6,11,13H2,1-3H3,(H,27,28)/t15-/m0/s1. The molecule has 0 fully saturated rings. The molecule has 1 N–H and O–H groups in total. The van der Waals surface area contributed by atoms with Gasteiger partial charge in [0.05, 0.1) is 5.56 Å². The molecule has 3 aromatic rings. The second-order valence-corrected chi connectivity index (χ2v) is 11.2. The van der Waals surface area contributed by atoms with Crippen molar-refractivity contribution in [3.63, 3.8) is 0 Å². The minimum atomic E-state index is -0.0950. The van der Waals surface area contributed by atoms with Gasteiger partial charge in [0, 0.05) is 26.7 Å². The van der Waals surface area contributed by atoms with Crippen LogP contribution in [-0.2, 0) is 12.8 Å². The van der Waals surface area contributed by atoms with E-state index in [0.717, 1.165) is 40.4 Å². The number of benzene rings is 1. The Morgan fingerprint density at radius 3 is 2.67 bits per heavy atom. The summed E-state index contributed by atoms with van der Waals surface area (Å²) in [6.45, 7) is 6.92. The number of hydrogen-bond donors (Lipinski definition) is 1. The fraction of sp³-hybridized carbons (Fsp3) is 0.333. The van der Waals surface area contributed by atoms with Gasteiger partial charge < -0.3 is 5.32 Å². The SMILES string of the molecule is CC(C)(C)[C@H]1CCc2c(sc(N=Cc3cccs3)c2C(=O)Nc2ccc(Cl)cc2)C1. The number of nitrogens with zero attached hydrogens (tertiary/aromatic N) is 1. The predicted molar refractivity (Wildman–Crippen MR) is 130 cm³/mol. The molecule has 4 rings (SSSR count). The van der Waals surface area contributed by atoms with Gasteiger partial charge in [0.2, 0.25) is 0 Å². The van der Waals surface area contributed by atoms with E-state index >= 15 is 0 Å². The van der Waals surface area contributed by atoms with Gasteiger partial charge in [0.15, 0.2) is 0 Å². The maximum absolute atomic E-state index is 13.3. The molecule has 0 aliphatic heterocycles. The van der Waals surface area contributed by atoms with Crippen LogP contribution in [0, 0.1) is 11.3 Å². The van der Waals surface area contributed by atoms with Crippen molar-refractivity contribution in [1.29, 1.82) is 0 Å². The Morgan fingerprint density at radius 1 is 1.23 bits per heavy atom. The number of nitrogens with one attached hydrogen (secondary N) is 1. The minimum Gasteiger partial charge on any atom is -0.322 e. The molecule has 3 nitrogen and oxygen atoms in total. The third-order valence-electron chi connectivity index (χ3n) is 5.65. The molecule has 0 saturated carbocycles. The summed E-state index contributed by atoms with van der Waals surface area (Å²) in [5.74, 6) is 0.521. The van der Waals surface area contributed by atoms with Crippen molar-refractivity contribution in [3.8, 4) is 0 Å². The number of amides is 1. The number of carbonyl (C=O) groups excluding carboxylic acids is 1. The lowest BCUT2D eigenvalue weighted by Gasteiger charge is -2.33. The first kappa shape index (κ1) is 21.3. The van der Waals surface area contributed by atoms with Crippen LogP contribution in [0.1, 0.15) is 52.9 Å². The molecule has 1 amide bonds. The van der Waals surface area contributed by atoms with Crippen molar-refractivity contribution in [3.05, 3.63) is 67.7 Å². The number of carbonyl (C=O) groups is 1. The van der Waals surface area contributed by atoms with Gasteiger partial charge in [-0.25, -0.2) is 4.99 Å². The van der Waals surface area contributed by atoms with Crippen molar-refractivity contribution in [2.75, 3.05) is 5.32 Å². The molecular weight excluding hydrogens is 432 g/mol. The number of hydrogen-bond acceptors (Lipinski definition) is 4. The Kier molecular flexibility index (Phi) is 6.14. The van der Waals surface area contributed by atoms with Gasteiger partial charge in [-0.15, -0.1) is 22.7 Å². The highest BCUT2D eigenvalue weighted by atomic mass is 35.5. The zero-order valence-corrected chi connectivity index (χ0v) is 19.8. The van der Waals surface area contributed by atoms with Crippen molar-refractivity contribution < 1.29 is 4.79 Å². The molecule has 0 unspecified atom stereocenters. The van der Waals surface area contributed by atoms with Crippen molar-refractivity contribution in [1.82, 2.24) is 0 Å². The van der Waals surface area contributed by atoms with Crippen molar-refractivity contribution in [2.45, 2.75) is 40.0 Å². The van der Waals surface area contributed by atoms with Gasteiger partial charge in [0.1, 0.15) is 5.00 Å². The monoisotopic (exact) mass is 456 g/mol. The van der Waals surface area contributed by atoms with Crippen LogP contribution in [0.2, 0.25) is 5.02 Å². The fourth-order valence-electron chi connectivity index (χ4n) is 3.85. The van der Waals surface area contributed by atoms with E-state index in [4.69, 9.17) is 16.6 Å². The number of aliphatic imine (C=N–C) groups is 1. The zero-order valence-electron chi connectivity index (χ0n) is 17.4. The Bertz CT molecular complexity index is 1060. The summed E-state index contributed by atoms with van der Waals surface area (Å²) in [6.07, 6.45) is 4.90. The van der Waals surface area contributed by atoms with Crippen LogP contribution >= 0.6 is 34.3 Å². The summed E-state index contributed by atoms with van der Waals surface area (Å²) >= 11 is 9.29. The molecule has 0 saturated heterocycles. The number of rotatable bonds is 4. The number of fused-ring (bicyclic) bond motifs is 1. The van der Waals surface area contributed by atoms with E-state index in [-0.39, 0.29) is 11.3 Å². The maximum Gasteiger partial charge on any atom is 0.259 e. The average molecular weight is 457 g/mol. The normalized spacial score (nSPS) is 16.6. The van der Waals surface area contributed by atoms with E-state index in [0.29, 0.717) is 10.9 Å². The van der Waals surface area contributed by atoms with Gasteiger partial charge in [-0.2, -0.15) is 0 Å². The van der Waals surface area contributed by atoms with E-state index in [2.05, 4.69) is 26.1 Å².